The lowest BCUT2D eigenvalue weighted by atomic mass is 10.2. The molecule has 1 heterocycles. The Hall–Kier alpha value is -1.73. The molecule has 0 spiro atoms. The van der Waals surface area contributed by atoms with Crippen molar-refractivity contribution < 1.29 is 9.53 Å². The highest BCUT2D eigenvalue weighted by molar-refractivity contribution is 6.30. The Kier molecular flexibility index (Phi) is 2.97. The third-order valence-electron chi connectivity index (χ3n) is 2.33. The summed E-state index contributed by atoms with van der Waals surface area (Å²) in [5, 5.41) is 9.14. The molecular weight excluding hydrogens is 228 g/mol. The van der Waals surface area contributed by atoms with Crippen molar-refractivity contribution in [3.63, 3.8) is 0 Å². The Morgan fingerprint density at radius 1 is 1.50 bits per heavy atom. The number of halogens is 1. The molecule has 5 heteroatoms. The van der Waals surface area contributed by atoms with Gasteiger partial charge in [-0.05, 0) is 24.3 Å². The number of nitrogens with zero attached hydrogens (tertiary/aromatic N) is 2. The van der Waals surface area contributed by atoms with E-state index in [0.29, 0.717) is 11.6 Å². The van der Waals surface area contributed by atoms with Crippen LogP contribution in [0.4, 0.5) is 10.5 Å². The van der Waals surface area contributed by atoms with Gasteiger partial charge in [-0.1, -0.05) is 11.6 Å². The SMILES string of the molecule is N#CCC1CN(c2ccc(Cl)cc2)C(=O)O1. The number of carbonyl (C=O) groups is 1. The van der Waals surface area contributed by atoms with Crippen LogP contribution in [0.3, 0.4) is 0 Å². The molecule has 0 aromatic heterocycles. The Labute approximate surface area is 98.0 Å². The van der Waals surface area contributed by atoms with Crippen molar-refractivity contribution in [2.75, 3.05) is 11.4 Å². The standard InChI is InChI=1S/C11H9ClN2O2/c12-8-1-3-9(4-2-8)14-7-10(5-6-13)16-11(14)15/h1-4,10H,5,7H2. The fourth-order valence-electron chi connectivity index (χ4n) is 1.56. The zero-order valence-electron chi connectivity index (χ0n) is 8.39. The predicted octanol–water partition coefficient (Wildman–Crippen LogP) is 2.58. The molecule has 1 fully saturated rings. The maximum atomic E-state index is 11.5. The van der Waals surface area contributed by atoms with E-state index >= 15 is 0 Å². The van der Waals surface area contributed by atoms with Crippen LogP contribution in [0.2, 0.25) is 5.02 Å². The van der Waals surface area contributed by atoms with Gasteiger partial charge in [0.25, 0.3) is 0 Å². The minimum absolute atomic E-state index is 0.218. The molecule has 1 aromatic rings. The lowest BCUT2D eigenvalue weighted by Gasteiger charge is -2.12. The van der Waals surface area contributed by atoms with Crippen molar-refractivity contribution >= 4 is 23.4 Å². The van der Waals surface area contributed by atoms with Crippen LogP contribution < -0.4 is 4.90 Å². The van der Waals surface area contributed by atoms with E-state index in [-0.39, 0.29) is 12.5 Å². The summed E-state index contributed by atoms with van der Waals surface area (Å²) in [7, 11) is 0. The highest BCUT2D eigenvalue weighted by atomic mass is 35.5. The second-order valence-corrected chi connectivity index (χ2v) is 3.89. The van der Waals surface area contributed by atoms with Crippen molar-refractivity contribution in [3.8, 4) is 6.07 Å². The average Bonchev–Trinajstić information content (AvgIpc) is 2.61. The number of hydrogen-bond donors (Lipinski definition) is 0. The molecule has 1 saturated heterocycles. The van der Waals surface area contributed by atoms with Gasteiger partial charge in [-0.2, -0.15) is 5.26 Å². The number of benzene rings is 1. The molecule has 1 unspecified atom stereocenters. The average molecular weight is 237 g/mol. The monoisotopic (exact) mass is 236 g/mol. The molecule has 16 heavy (non-hydrogen) atoms. The Morgan fingerprint density at radius 3 is 2.81 bits per heavy atom. The van der Waals surface area contributed by atoms with Crippen molar-refractivity contribution in [1.29, 1.82) is 5.26 Å². The second-order valence-electron chi connectivity index (χ2n) is 3.46. The molecule has 0 aliphatic carbocycles. The fourth-order valence-corrected chi connectivity index (χ4v) is 1.69. The first kappa shape index (κ1) is 10.8. The van der Waals surface area contributed by atoms with Gasteiger partial charge in [-0.15, -0.1) is 0 Å². The molecule has 2 rings (SSSR count). The van der Waals surface area contributed by atoms with Crippen LogP contribution in [0.5, 0.6) is 0 Å². The van der Waals surface area contributed by atoms with Crippen LogP contribution in [0.25, 0.3) is 0 Å². The van der Waals surface area contributed by atoms with Crippen molar-refractivity contribution in [1.82, 2.24) is 0 Å². The molecular formula is C11H9ClN2O2. The highest BCUT2D eigenvalue weighted by Gasteiger charge is 2.31. The minimum atomic E-state index is -0.414. The largest absolute Gasteiger partial charge is 0.443 e. The summed E-state index contributed by atoms with van der Waals surface area (Å²) in [4.78, 5) is 13.0. The maximum absolute atomic E-state index is 11.5. The molecule has 1 aliphatic rings. The van der Waals surface area contributed by atoms with E-state index < -0.39 is 6.09 Å². The quantitative estimate of drug-likeness (QED) is 0.793. The first-order valence-electron chi connectivity index (χ1n) is 4.81. The van der Waals surface area contributed by atoms with E-state index in [1.165, 1.54) is 4.90 Å². The Bertz CT molecular complexity index is 438. The van der Waals surface area contributed by atoms with E-state index in [9.17, 15) is 4.79 Å². The van der Waals surface area contributed by atoms with Gasteiger partial charge in [0, 0.05) is 10.7 Å². The number of hydrogen-bond acceptors (Lipinski definition) is 3. The van der Waals surface area contributed by atoms with E-state index in [1.54, 1.807) is 24.3 Å². The summed E-state index contributed by atoms with van der Waals surface area (Å²) in [5.74, 6) is 0. The molecule has 1 aliphatic heterocycles. The van der Waals surface area contributed by atoms with Gasteiger partial charge in [0.15, 0.2) is 0 Å². The van der Waals surface area contributed by atoms with Crippen LogP contribution in [-0.2, 0) is 4.74 Å². The maximum Gasteiger partial charge on any atom is 0.414 e. The Morgan fingerprint density at radius 2 is 2.19 bits per heavy atom. The van der Waals surface area contributed by atoms with E-state index in [1.807, 2.05) is 6.07 Å². The minimum Gasteiger partial charge on any atom is -0.443 e. The zero-order valence-corrected chi connectivity index (χ0v) is 9.15. The van der Waals surface area contributed by atoms with Gasteiger partial charge in [0.1, 0.15) is 6.10 Å². The lowest BCUT2D eigenvalue weighted by molar-refractivity contribution is 0.143. The molecule has 1 atom stereocenters. The number of amides is 1. The fraction of sp³-hybridized carbons (Fsp3) is 0.273. The summed E-state index contributed by atoms with van der Waals surface area (Å²) in [5.41, 5.74) is 0.731. The van der Waals surface area contributed by atoms with Gasteiger partial charge < -0.3 is 4.74 Å². The lowest BCUT2D eigenvalue weighted by Crippen LogP contribution is -2.24. The third-order valence-corrected chi connectivity index (χ3v) is 2.58. The molecule has 0 radical (unpaired) electrons. The number of nitriles is 1. The summed E-state index contributed by atoms with van der Waals surface area (Å²) in [6.45, 7) is 0.411. The molecule has 0 saturated carbocycles. The first-order valence-corrected chi connectivity index (χ1v) is 5.19. The molecule has 1 amide bonds. The summed E-state index contributed by atoms with van der Waals surface area (Å²) in [6, 6.07) is 8.90. The van der Waals surface area contributed by atoms with Gasteiger partial charge in [0.2, 0.25) is 0 Å². The summed E-state index contributed by atoms with van der Waals surface area (Å²) >= 11 is 5.76. The summed E-state index contributed by atoms with van der Waals surface area (Å²) in [6.07, 6.45) is -0.536. The summed E-state index contributed by atoms with van der Waals surface area (Å²) < 4.78 is 5.03. The number of cyclic esters (lactones) is 1. The third kappa shape index (κ3) is 2.10. The highest BCUT2D eigenvalue weighted by Crippen LogP contribution is 2.24. The second kappa shape index (κ2) is 4.42. The van der Waals surface area contributed by atoms with Gasteiger partial charge in [-0.3, -0.25) is 4.90 Å². The smallest absolute Gasteiger partial charge is 0.414 e. The molecule has 82 valence electrons. The molecule has 1 aromatic carbocycles. The van der Waals surface area contributed by atoms with Gasteiger partial charge >= 0.3 is 6.09 Å². The van der Waals surface area contributed by atoms with Crippen LogP contribution in [-0.4, -0.2) is 18.7 Å². The van der Waals surface area contributed by atoms with E-state index in [0.717, 1.165) is 5.69 Å². The number of carbonyl (C=O) groups excluding carboxylic acids is 1. The van der Waals surface area contributed by atoms with Crippen molar-refractivity contribution in [3.05, 3.63) is 29.3 Å². The number of anilines is 1. The number of ether oxygens (including phenoxy) is 1. The van der Waals surface area contributed by atoms with Gasteiger partial charge in [-0.25, -0.2) is 4.79 Å². The van der Waals surface area contributed by atoms with E-state index in [2.05, 4.69) is 0 Å². The molecule has 0 N–H and O–H groups in total. The Balaban J connectivity index is 2.14. The van der Waals surface area contributed by atoms with Crippen molar-refractivity contribution in [2.45, 2.75) is 12.5 Å². The van der Waals surface area contributed by atoms with Crippen molar-refractivity contribution in [2.24, 2.45) is 0 Å². The van der Waals surface area contributed by atoms with Crippen LogP contribution in [0.1, 0.15) is 6.42 Å². The van der Waals surface area contributed by atoms with Gasteiger partial charge in [0.05, 0.1) is 19.0 Å². The first-order chi connectivity index (χ1) is 7.70. The van der Waals surface area contributed by atoms with Crippen LogP contribution in [0, 0.1) is 11.3 Å². The normalized spacial score (nSPS) is 19.4. The zero-order chi connectivity index (χ0) is 11.5. The van der Waals surface area contributed by atoms with E-state index in [4.69, 9.17) is 21.6 Å². The van der Waals surface area contributed by atoms with Crippen LogP contribution >= 0.6 is 11.6 Å². The molecule has 0 bridgehead atoms. The number of rotatable bonds is 2. The predicted molar refractivity (Wildman–Crippen MR) is 59.3 cm³/mol. The van der Waals surface area contributed by atoms with Crippen LogP contribution in [0.15, 0.2) is 24.3 Å². The topological polar surface area (TPSA) is 53.3 Å². The molecule has 4 nitrogen and oxygen atoms in total.